The number of hydrogen-bond acceptors (Lipinski definition) is 5. The molecule has 1 heterocycles. The number of ether oxygens (including phenoxy) is 1. The molecule has 1 aromatic heterocycles. The van der Waals surface area contributed by atoms with Crippen LogP contribution in [0.15, 0.2) is 24.3 Å². The van der Waals surface area contributed by atoms with Gasteiger partial charge in [-0.1, -0.05) is 0 Å². The van der Waals surface area contributed by atoms with Crippen molar-refractivity contribution in [1.82, 2.24) is 10.3 Å². The number of carboxylic acids is 1. The number of hydrogen-bond donors (Lipinski definition) is 2. The lowest BCUT2D eigenvalue weighted by Crippen LogP contribution is -2.26. The number of carbonyl (C=O) groups is 2. The number of amides is 1. The highest BCUT2D eigenvalue weighted by atomic mass is 32.1. The molecular weight excluding hydrogens is 316 g/mol. The minimum absolute atomic E-state index is 0.196. The number of rotatable bonds is 6. The van der Waals surface area contributed by atoms with Crippen LogP contribution in [0.5, 0.6) is 5.75 Å². The summed E-state index contributed by atoms with van der Waals surface area (Å²) in [5, 5.41) is 12.4. The number of aromatic nitrogens is 1. The largest absolute Gasteiger partial charge is 0.494 e. The Bertz CT molecular complexity index is 709. The van der Waals surface area contributed by atoms with Gasteiger partial charge in [-0.15, -0.1) is 11.3 Å². The number of nitrogens with one attached hydrogen (secondary N) is 1. The molecule has 0 saturated heterocycles. The molecular formula is C16H18N2O4S. The number of nitrogens with zero attached hydrogens (tertiary/aromatic N) is 1. The van der Waals surface area contributed by atoms with E-state index in [0.29, 0.717) is 28.6 Å². The Morgan fingerprint density at radius 2 is 2.00 bits per heavy atom. The normalized spacial score (nSPS) is 11.8. The maximum Gasteiger partial charge on any atom is 0.347 e. The number of benzene rings is 1. The predicted molar refractivity (Wildman–Crippen MR) is 87.3 cm³/mol. The minimum atomic E-state index is -1.00. The maximum atomic E-state index is 12.2. The first-order valence-electron chi connectivity index (χ1n) is 7.16. The van der Waals surface area contributed by atoms with Gasteiger partial charge in [0.2, 0.25) is 0 Å². The third-order valence-corrected chi connectivity index (χ3v) is 4.48. The highest BCUT2D eigenvalue weighted by Crippen LogP contribution is 2.24. The van der Waals surface area contributed by atoms with Crippen molar-refractivity contribution < 1.29 is 19.4 Å². The average Bonchev–Trinajstić information content (AvgIpc) is 2.90. The van der Waals surface area contributed by atoms with E-state index in [1.165, 1.54) is 0 Å². The molecule has 0 bridgehead atoms. The van der Waals surface area contributed by atoms with Crippen molar-refractivity contribution in [3.8, 4) is 5.75 Å². The summed E-state index contributed by atoms with van der Waals surface area (Å²) < 4.78 is 5.33. The second-order valence-corrected chi connectivity index (χ2v) is 5.95. The zero-order valence-electron chi connectivity index (χ0n) is 13.1. The molecule has 1 atom stereocenters. The van der Waals surface area contributed by atoms with Gasteiger partial charge in [0.25, 0.3) is 5.91 Å². The van der Waals surface area contributed by atoms with Gasteiger partial charge in [-0.05, 0) is 45.0 Å². The van der Waals surface area contributed by atoms with Gasteiger partial charge in [0.05, 0.1) is 18.3 Å². The fraction of sp³-hybridized carbons (Fsp3) is 0.312. The Kier molecular flexibility index (Phi) is 5.33. The third kappa shape index (κ3) is 4.07. The third-order valence-electron chi connectivity index (χ3n) is 3.15. The molecule has 0 fully saturated rings. The first kappa shape index (κ1) is 17.0. The zero-order valence-corrected chi connectivity index (χ0v) is 13.9. The molecule has 23 heavy (non-hydrogen) atoms. The van der Waals surface area contributed by atoms with Gasteiger partial charge in [0, 0.05) is 5.56 Å². The lowest BCUT2D eigenvalue weighted by atomic mass is 10.2. The molecule has 0 saturated carbocycles. The van der Waals surface area contributed by atoms with E-state index in [9.17, 15) is 9.59 Å². The van der Waals surface area contributed by atoms with Crippen molar-refractivity contribution in [3.63, 3.8) is 0 Å². The topological polar surface area (TPSA) is 88.5 Å². The van der Waals surface area contributed by atoms with Crippen LogP contribution < -0.4 is 10.1 Å². The molecule has 6 nitrogen and oxygen atoms in total. The highest BCUT2D eigenvalue weighted by molar-refractivity contribution is 7.13. The summed E-state index contributed by atoms with van der Waals surface area (Å²) in [5.74, 6) is -0.541. The van der Waals surface area contributed by atoms with Gasteiger partial charge in [0.15, 0.2) is 0 Å². The molecule has 0 aliphatic heterocycles. The Labute approximate surface area is 138 Å². The summed E-state index contributed by atoms with van der Waals surface area (Å²) in [6, 6.07) is 6.47. The fourth-order valence-corrected chi connectivity index (χ4v) is 2.92. The SMILES string of the molecule is CCOc1ccc(C(=O)NC(C)c2nc(C)c(C(=O)O)s2)cc1. The molecule has 2 rings (SSSR count). The van der Waals surface area contributed by atoms with Crippen molar-refractivity contribution in [2.24, 2.45) is 0 Å². The van der Waals surface area contributed by atoms with Crippen LogP contribution in [0.2, 0.25) is 0 Å². The Morgan fingerprint density at radius 3 is 2.52 bits per heavy atom. The van der Waals surface area contributed by atoms with E-state index in [1.807, 2.05) is 6.92 Å². The Hall–Kier alpha value is -2.41. The second-order valence-electron chi connectivity index (χ2n) is 4.92. The van der Waals surface area contributed by atoms with Crippen molar-refractivity contribution >= 4 is 23.2 Å². The van der Waals surface area contributed by atoms with E-state index in [2.05, 4.69) is 10.3 Å². The van der Waals surface area contributed by atoms with Crippen molar-refractivity contribution in [3.05, 3.63) is 45.4 Å². The summed E-state index contributed by atoms with van der Waals surface area (Å²) in [6.45, 7) is 5.88. The second kappa shape index (κ2) is 7.23. The van der Waals surface area contributed by atoms with Crippen LogP contribution in [0.1, 0.15) is 50.6 Å². The van der Waals surface area contributed by atoms with E-state index < -0.39 is 5.97 Å². The molecule has 122 valence electrons. The van der Waals surface area contributed by atoms with E-state index in [4.69, 9.17) is 9.84 Å². The highest BCUT2D eigenvalue weighted by Gasteiger charge is 2.19. The van der Waals surface area contributed by atoms with Crippen LogP contribution in [0.3, 0.4) is 0 Å². The monoisotopic (exact) mass is 334 g/mol. The molecule has 0 spiro atoms. The van der Waals surface area contributed by atoms with Gasteiger partial charge in [-0.25, -0.2) is 9.78 Å². The molecule has 1 amide bonds. The van der Waals surface area contributed by atoms with Gasteiger partial charge in [-0.3, -0.25) is 4.79 Å². The van der Waals surface area contributed by atoms with Crippen molar-refractivity contribution in [1.29, 1.82) is 0 Å². The number of thiazole rings is 1. The summed E-state index contributed by atoms with van der Waals surface area (Å²) in [6.07, 6.45) is 0. The molecule has 1 aromatic carbocycles. The molecule has 7 heteroatoms. The molecule has 0 radical (unpaired) electrons. The zero-order chi connectivity index (χ0) is 17.0. The van der Waals surface area contributed by atoms with Crippen LogP contribution in [-0.2, 0) is 0 Å². The van der Waals surface area contributed by atoms with E-state index >= 15 is 0 Å². The van der Waals surface area contributed by atoms with Crippen LogP contribution >= 0.6 is 11.3 Å². The van der Waals surface area contributed by atoms with Crippen LogP contribution in [-0.4, -0.2) is 28.6 Å². The average molecular weight is 334 g/mol. The maximum absolute atomic E-state index is 12.2. The van der Waals surface area contributed by atoms with Crippen molar-refractivity contribution in [2.45, 2.75) is 26.8 Å². The molecule has 0 aliphatic carbocycles. The number of carboxylic acid groups (broad SMARTS) is 1. The summed E-state index contributed by atoms with van der Waals surface area (Å²) in [4.78, 5) is 27.7. The summed E-state index contributed by atoms with van der Waals surface area (Å²) >= 11 is 1.08. The first-order valence-corrected chi connectivity index (χ1v) is 7.98. The molecule has 1 unspecified atom stereocenters. The van der Waals surface area contributed by atoms with E-state index in [0.717, 1.165) is 11.3 Å². The lowest BCUT2D eigenvalue weighted by Gasteiger charge is -2.11. The molecule has 2 N–H and O–H groups in total. The van der Waals surface area contributed by atoms with E-state index in [1.54, 1.807) is 38.1 Å². The number of aromatic carboxylic acids is 1. The standard InChI is InChI=1S/C16H18N2O4S/c1-4-22-12-7-5-11(6-8-12)14(19)17-10(3)15-18-9(2)13(23-15)16(20)21/h5-8,10H,4H2,1-3H3,(H,17,19)(H,20,21). The van der Waals surface area contributed by atoms with Gasteiger partial charge in [-0.2, -0.15) is 0 Å². The van der Waals surface area contributed by atoms with Gasteiger partial charge in [0.1, 0.15) is 15.6 Å². The summed E-state index contributed by atoms with van der Waals surface area (Å²) in [5.41, 5.74) is 0.965. The Balaban J connectivity index is 2.07. The lowest BCUT2D eigenvalue weighted by molar-refractivity contribution is 0.0701. The van der Waals surface area contributed by atoms with E-state index in [-0.39, 0.29) is 16.8 Å². The van der Waals surface area contributed by atoms with Crippen molar-refractivity contribution in [2.75, 3.05) is 6.61 Å². The quantitative estimate of drug-likeness (QED) is 0.847. The summed E-state index contributed by atoms with van der Waals surface area (Å²) in [7, 11) is 0. The number of carbonyl (C=O) groups excluding carboxylic acids is 1. The smallest absolute Gasteiger partial charge is 0.347 e. The first-order chi connectivity index (χ1) is 10.9. The van der Waals surface area contributed by atoms with Gasteiger partial charge >= 0.3 is 5.97 Å². The predicted octanol–water partition coefficient (Wildman–Crippen LogP) is 3.04. The number of aryl methyl sites for hydroxylation is 1. The van der Waals surface area contributed by atoms with Crippen LogP contribution in [0, 0.1) is 6.92 Å². The minimum Gasteiger partial charge on any atom is -0.494 e. The van der Waals surface area contributed by atoms with Crippen LogP contribution in [0.25, 0.3) is 0 Å². The fourth-order valence-electron chi connectivity index (χ4n) is 2.01. The van der Waals surface area contributed by atoms with Crippen LogP contribution in [0.4, 0.5) is 0 Å². The Morgan fingerprint density at radius 1 is 1.35 bits per heavy atom. The molecule has 0 aliphatic rings. The molecule has 2 aromatic rings. The van der Waals surface area contributed by atoms with Gasteiger partial charge < -0.3 is 15.2 Å².